The summed E-state index contributed by atoms with van der Waals surface area (Å²) in [5.41, 5.74) is 0.125. The van der Waals surface area contributed by atoms with Crippen LogP contribution in [-0.4, -0.2) is 62.4 Å². The molecule has 0 aromatic heterocycles. The van der Waals surface area contributed by atoms with E-state index in [0.29, 0.717) is 19.7 Å². The van der Waals surface area contributed by atoms with Gasteiger partial charge in [-0.3, -0.25) is 4.79 Å². The standard InChI is InChI=1S/C13H26N2O3/c1-13(2,3)14-6-5-11-9-15(7-8-18-11)12(16)10-17-4/h11,14H,5-10H2,1-4H3. The smallest absolute Gasteiger partial charge is 0.248 e. The minimum atomic E-state index is 0.0505. The first-order valence-corrected chi connectivity index (χ1v) is 6.56. The second-order valence-electron chi connectivity index (χ2n) is 5.73. The number of morpholine rings is 1. The van der Waals surface area contributed by atoms with Gasteiger partial charge in [0.05, 0.1) is 12.7 Å². The van der Waals surface area contributed by atoms with Crippen LogP contribution in [0.5, 0.6) is 0 Å². The second kappa shape index (κ2) is 7.07. The highest BCUT2D eigenvalue weighted by Gasteiger charge is 2.24. The van der Waals surface area contributed by atoms with Gasteiger partial charge < -0.3 is 19.7 Å². The number of carbonyl (C=O) groups is 1. The summed E-state index contributed by atoms with van der Waals surface area (Å²) >= 11 is 0. The lowest BCUT2D eigenvalue weighted by Crippen LogP contribution is -2.48. The highest BCUT2D eigenvalue weighted by molar-refractivity contribution is 5.77. The zero-order valence-corrected chi connectivity index (χ0v) is 12.0. The lowest BCUT2D eigenvalue weighted by atomic mass is 10.1. The Labute approximate surface area is 110 Å². The topological polar surface area (TPSA) is 50.8 Å². The van der Waals surface area contributed by atoms with Crippen LogP contribution in [0.3, 0.4) is 0 Å². The largest absolute Gasteiger partial charge is 0.375 e. The van der Waals surface area contributed by atoms with Gasteiger partial charge in [0, 0.05) is 25.7 Å². The number of rotatable bonds is 5. The van der Waals surface area contributed by atoms with Crippen LogP contribution in [0.1, 0.15) is 27.2 Å². The van der Waals surface area contributed by atoms with Crippen LogP contribution in [-0.2, 0) is 14.3 Å². The average Bonchev–Trinajstić information content (AvgIpc) is 2.28. The molecule has 1 amide bonds. The second-order valence-corrected chi connectivity index (χ2v) is 5.73. The Balaban J connectivity index is 2.28. The molecule has 1 rings (SSSR count). The van der Waals surface area contributed by atoms with Crippen molar-refractivity contribution in [2.24, 2.45) is 0 Å². The molecule has 0 bridgehead atoms. The van der Waals surface area contributed by atoms with E-state index in [0.717, 1.165) is 13.0 Å². The molecule has 1 aliphatic rings. The summed E-state index contributed by atoms with van der Waals surface area (Å²) in [6.45, 7) is 9.46. The van der Waals surface area contributed by atoms with Crippen molar-refractivity contribution >= 4 is 5.91 Å². The van der Waals surface area contributed by atoms with Crippen molar-refractivity contribution in [2.45, 2.75) is 38.8 Å². The van der Waals surface area contributed by atoms with Gasteiger partial charge in [0.15, 0.2) is 0 Å². The van der Waals surface area contributed by atoms with E-state index in [1.165, 1.54) is 0 Å². The maximum atomic E-state index is 11.7. The molecule has 5 nitrogen and oxygen atoms in total. The molecule has 5 heteroatoms. The molecule has 1 atom stereocenters. The molecule has 1 heterocycles. The van der Waals surface area contributed by atoms with E-state index in [9.17, 15) is 4.79 Å². The Kier molecular flexibility index (Phi) is 6.05. The Morgan fingerprint density at radius 1 is 1.50 bits per heavy atom. The third-order valence-electron chi connectivity index (χ3n) is 2.88. The van der Waals surface area contributed by atoms with Crippen LogP contribution in [0, 0.1) is 0 Å². The first-order chi connectivity index (χ1) is 8.42. The highest BCUT2D eigenvalue weighted by Crippen LogP contribution is 2.09. The molecule has 0 aromatic carbocycles. The summed E-state index contributed by atoms with van der Waals surface area (Å²) in [6, 6.07) is 0. The van der Waals surface area contributed by atoms with Gasteiger partial charge in [-0.1, -0.05) is 0 Å². The summed E-state index contributed by atoms with van der Waals surface area (Å²) in [5, 5.41) is 3.43. The Morgan fingerprint density at radius 3 is 2.83 bits per heavy atom. The van der Waals surface area contributed by atoms with Crippen molar-refractivity contribution in [1.29, 1.82) is 0 Å². The van der Waals surface area contributed by atoms with Crippen LogP contribution < -0.4 is 5.32 Å². The third kappa shape index (κ3) is 5.80. The van der Waals surface area contributed by atoms with Crippen molar-refractivity contribution in [3.8, 4) is 0 Å². The minimum absolute atomic E-state index is 0.0505. The van der Waals surface area contributed by atoms with E-state index >= 15 is 0 Å². The zero-order valence-electron chi connectivity index (χ0n) is 12.0. The normalized spacial score (nSPS) is 21.1. The van der Waals surface area contributed by atoms with Crippen LogP contribution in [0.15, 0.2) is 0 Å². The number of methoxy groups -OCH3 is 1. The molecule has 0 saturated carbocycles. The SMILES string of the molecule is COCC(=O)N1CCOC(CCNC(C)(C)C)C1. The van der Waals surface area contributed by atoms with Gasteiger partial charge in [-0.25, -0.2) is 0 Å². The molecule has 0 spiro atoms. The van der Waals surface area contributed by atoms with E-state index < -0.39 is 0 Å². The van der Waals surface area contributed by atoms with Crippen LogP contribution >= 0.6 is 0 Å². The molecule has 1 unspecified atom stereocenters. The van der Waals surface area contributed by atoms with Gasteiger partial charge in [-0.15, -0.1) is 0 Å². The van der Waals surface area contributed by atoms with Crippen molar-refractivity contribution in [3.05, 3.63) is 0 Å². The lowest BCUT2D eigenvalue weighted by molar-refractivity contribution is -0.142. The number of hydrogen-bond donors (Lipinski definition) is 1. The zero-order chi connectivity index (χ0) is 13.6. The van der Waals surface area contributed by atoms with Crippen molar-refractivity contribution in [1.82, 2.24) is 10.2 Å². The van der Waals surface area contributed by atoms with Gasteiger partial charge in [-0.05, 0) is 33.7 Å². The fourth-order valence-electron chi connectivity index (χ4n) is 1.94. The number of amides is 1. The molecule has 0 radical (unpaired) electrons. The molecule has 1 saturated heterocycles. The molecule has 1 N–H and O–H groups in total. The molecular weight excluding hydrogens is 232 g/mol. The Morgan fingerprint density at radius 2 is 2.22 bits per heavy atom. The fourth-order valence-corrected chi connectivity index (χ4v) is 1.94. The molecule has 18 heavy (non-hydrogen) atoms. The van der Waals surface area contributed by atoms with Crippen LogP contribution in [0.2, 0.25) is 0 Å². The third-order valence-corrected chi connectivity index (χ3v) is 2.88. The van der Waals surface area contributed by atoms with Crippen LogP contribution in [0.25, 0.3) is 0 Å². The summed E-state index contributed by atoms with van der Waals surface area (Å²) in [6.07, 6.45) is 1.06. The maximum Gasteiger partial charge on any atom is 0.248 e. The Hall–Kier alpha value is -0.650. The Bertz CT molecular complexity index is 263. The highest BCUT2D eigenvalue weighted by atomic mass is 16.5. The summed E-state index contributed by atoms with van der Waals surface area (Å²) in [4.78, 5) is 13.5. The summed E-state index contributed by atoms with van der Waals surface area (Å²) in [5.74, 6) is 0.0505. The van der Waals surface area contributed by atoms with Crippen molar-refractivity contribution in [2.75, 3.05) is 40.0 Å². The molecule has 0 aromatic rings. The molecule has 106 valence electrons. The van der Waals surface area contributed by atoms with E-state index in [1.807, 2.05) is 4.90 Å². The van der Waals surface area contributed by atoms with Gasteiger partial charge in [0.2, 0.25) is 5.91 Å². The molecule has 0 aliphatic carbocycles. The number of hydrogen-bond acceptors (Lipinski definition) is 4. The first kappa shape index (κ1) is 15.4. The lowest BCUT2D eigenvalue weighted by Gasteiger charge is -2.33. The first-order valence-electron chi connectivity index (χ1n) is 6.56. The quantitative estimate of drug-likeness (QED) is 0.786. The number of nitrogens with zero attached hydrogens (tertiary/aromatic N) is 1. The van der Waals surface area contributed by atoms with Gasteiger partial charge in [0.25, 0.3) is 0 Å². The van der Waals surface area contributed by atoms with E-state index in [-0.39, 0.29) is 24.2 Å². The van der Waals surface area contributed by atoms with Gasteiger partial charge >= 0.3 is 0 Å². The summed E-state index contributed by atoms with van der Waals surface area (Å²) < 4.78 is 10.6. The molecular formula is C13H26N2O3. The van der Waals surface area contributed by atoms with E-state index in [1.54, 1.807) is 7.11 Å². The predicted octanol–water partition coefficient (Wildman–Crippen LogP) is 0.638. The number of ether oxygens (including phenoxy) is 2. The van der Waals surface area contributed by atoms with Crippen molar-refractivity contribution in [3.63, 3.8) is 0 Å². The summed E-state index contributed by atoms with van der Waals surface area (Å²) in [7, 11) is 1.54. The fraction of sp³-hybridized carbons (Fsp3) is 0.923. The monoisotopic (exact) mass is 258 g/mol. The predicted molar refractivity (Wildman–Crippen MR) is 70.6 cm³/mol. The van der Waals surface area contributed by atoms with E-state index in [2.05, 4.69) is 26.1 Å². The maximum absolute atomic E-state index is 11.7. The van der Waals surface area contributed by atoms with Crippen LogP contribution in [0.4, 0.5) is 0 Å². The number of nitrogens with one attached hydrogen (secondary N) is 1. The van der Waals surface area contributed by atoms with E-state index in [4.69, 9.17) is 9.47 Å². The van der Waals surface area contributed by atoms with Gasteiger partial charge in [-0.2, -0.15) is 0 Å². The molecule has 1 fully saturated rings. The van der Waals surface area contributed by atoms with Crippen molar-refractivity contribution < 1.29 is 14.3 Å². The molecule has 1 aliphatic heterocycles. The average molecular weight is 258 g/mol. The van der Waals surface area contributed by atoms with Gasteiger partial charge in [0.1, 0.15) is 6.61 Å². The number of carbonyl (C=O) groups excluding carboxylic acids is 1. The minimum Gasteiger partial charge on any atom is -0.375 e.